The molecule has 3 rings (SSSR count). The predicted octanol–water partition coefficient (Wildman–Crippen LogP) is 4.46. The van der Waals surface area contributed by atoms with Crippen LogP contribution < -0.4 is 20.1 Å². The van der Waals surface area contributed by atoms with Crippen molar-refractivity contribution in [3.8, 4) is 11.6 Å². The molecule has 0 bridgehead atoms. The van der Waals surface area contributed by atoms with Gasteiger partial charge in [0, 0.05) is 38.0 Å². The van der Waals surface area contributed by atoms with Crippen LogP contribution in [0.2, 0.25) is 0 Å². The van der Waals surface area contributed by atoms with Crippen LogP contribution in [0.25, 0.3) is 0 Å². The van der Waals surface area contributed by atoms with Gasteiger partial charge in [0.05, 0.1) is 7.11 Å². The second-order valence-corrected chi connectivity index (χ2v) is 6.87. The summed E-state index contributed by atoms with van der Waals surface area (Å²) in [4.78, 5) is 8.59. The summed E-state index contributed by atoms with van der Waals surface area (Å²) in [5.74, 6) is 2.18. The molecule has 0 unspecified atom stereocenters. The SMILES string of the molecule is CN=C(NCc1ccnc(OCc2ccccc2)c1)NCc1ccc(C)cc1OC.I. The topological polar surface area (TPSA) is 67.8 Å². The van der Waals surface area contributed by atoms with Gasteiger partial charge in [-0.2, -0.15) is 0 Å². The number of aromatic nitrogens is 1. The fraction of sp³-hybridized carbons (Fsp3) is 0.250. The van der Waals surface area contributed by atoms with Gasteiger partial charge >= 0.3 is 0 Å². The molecule has 2 aromatic carbocycles. The van der Waals surface area contributed by atoms with Gasteiger partial charge in [-0.1, -0.05) is 42.5 Å². The van der Waals surface area contributed by atoms with E-state index >= 15 is 0 Å². The molecule has 0 atom stereocenters. The largest absolute Gasteiger partial charge is 0.496 e. The number of aryl methyl sites for hydroxylation is 1. The lowest BCUT2D eigenvalue weighted by Crippen LogP contribution is -2.36. The molecule has 0 fully saturated rings. The maximum atomic E-state index is 5.81. The van der Waals surface area contributed by atoms with Crippen molar-refractivity contribution >= 4 is 29.9 Å². The summed E-state index contributed by atoms with van der Waals surface area (Å²) in [5, 5.41) is 6.64. The van der Waals surface area contributed by atoms with E-state index in [2.05, 4.69) is 32.7 Å². The van der Waals surface area contributed by atoms with Gasteiger partial charge in [0.25, 0.3) is 0 Å². The highest BCUT2D eigenvalue weighted by atomic mass is 127. The second kappa shape index (κ2) is 12.8. The number of methoxy groups -OCH3 is 1. The number of hydrogen-bond acceptors (Lipinski definition) is 4. The lowest BCUT2D eigenvalue weighted by atomic mass is 10.1. The highest BCUT2D eigenvalue weighted by Gasteiger charge is 2.06. The normalized spacial score (nSPS) is 10.7. The Morgan fingerprint density at radius 3 is 2.48 bits per heavy atom. The summed E-state index contributed by atoms with van der Waals surface area (Å²) < 4.78 is 11.3. The van der Waals surface area contributed by atoms with E-state index in [1.807, 2.05) is 55.5 Å². The molecule has 1 heterocycles. The quantitative estimate of drug-likeness (QED) is 0.255. The Morgan fingerprint density at radius 2 is 1.74 bits per heavy atom. The summed E-state index contributed by atoms with van der Waals surface area (Å²) in [7, 11) is 3.44. The fourth-order valence-corrected chi connectivity index (χ4v) is 2.95. The van der Waals surface area contributed by atoms with Crippen LogP contribution in [-0.2, 0) is 19.7 Å². The summed E-state index contributed by atoms with van der Waals surface area (Å²) in [6, 6.07) is 20.1. The van der Waals surface area contributed by atoms with Crippen LogP contribution in [-0.4, -0.2) is 25.1 Å². The monoisotopic (exact) mass is 532 g/mol. The summed E-state index contributed by atoms with van der Waals surface area (Å²) in [6.07, 6.45) is 1.75. The number of guanidine groups is 1. The molecule has 7 heteroatoms. The van der Waals surface area contributed by atoms with Crippen molar-refractivity contribution in [1.29, 1.82) is 0 Å². The van der Waals surface area contributed by atoms with Crippen molar-refractivity contribution in [3.63, 3.8) is 0 Å². The first-order valence-electron chi connectivity index (χ1n) is 9.87. The van der Waals surface area contributed by atoms with Crippen molar-refractivity contribution < 1.29 is 9.47 Å². The van der Waals surface area contributed by atoms with Gasteiger partial charge in [0.2, 0.25) is 5.88 Å². The summed E-state index contributed by atoms with van der Waals surface area (Å²) in [6.45, 7) is 3.76. The van der Waals surface area contributed by atoms with Gasteiger partial charge in [-0.25, -0.2) is 4.98 Å². The number of benzene rings is 2. The minimum absolute atomic E-state index is 0. The fourth-order valence-electron chi connectivity index (χ4n) is 2.95. The van der Waals surface area contributed by atoms with Gasteiger partial charge < -0.3 is 20.1 Å². The molecule has 0 radical (unpaired) electrons. The van der Waals surface area contributed by atoms with Gasteiger partial charge in [0.1, 0.15) is 12.4 Å². The Bertz CT molecular complexity index is 980. The Balaban J connectivity index is 0.00000341. The number of nitrogens with one attached hydrogen (secondary N) is 2. The molecule has 0 amide bonds. The molecule has 164 valence electrons. The zero-order valence-corrected chi connectivity index (χ0v) is 20.4. The molecule has 31 heavy (non-hydrogen) atoms. The Morgan fingerprint density at radius 1 is 0.968 bits per heavy atom. The summed E-state index contributed by atoms with van der Waals surface area (Å²) >= 11 is 0. The van der Waals surface area contributed by atoms with Crippen LogP contribution in [0.5, 0.6) is 11.6 Å². The molecular formula is C24H29IN4O2. The molecule has 2 N–H and O–H groups in total. The molecule has 0 saturated heterocycles. The minimum atomic E-state index is 0. The average Bonchev–Trinajstić information content (AvgIpc) is 2.79. The summed E-state index contributed by atoms with van der Waals surface area (Å²) in [5.41, 5.74) is 4.41. The van der Waals surface area contributed by atoms with E-state index in [0.29, 0.717) is 31.5 Å². The van der Waals surface area contributed by atoms with E-state index in [1.165, 1.54) is 5.56 Å². The minimum Gasteiger partial charge on any atom is -0.496 e. The lowest BCUT2D eigenvalue weighted by Gasteiger charge is -2.14. The number of nitrogens with zero attached hydrogens (tertiary/aromatic N) is 2. The van der Waals surface area contributed by atoms with Gasteiger partial charge in [-0.15, -0.1) is 24.0 Å². The molecule has 3 aromatic rings. The Hall–Kier alpha value is -2.81. The maximum Gasteiger partial charge on any atom is 0.213 e. The molecule has 0 spiro atoms. The van der Waals surface area contributed by atoms with E-state index in [1.54, 1.807) is 20.4 Å². The first kappa shape index (κ1) is 24.5. The van der Waals surface area contributed by atoms with Crippen molar-refractivity contribution in [1.82, 2.24) is 15.6 Å². The highest BCUT2D eigenvalue weighted by molar-refractivity contribution is 14.0. The number of rotatable bonds is 8. The number of aliphatic imine (C=N–C) groups is 1. The average molecular weight is 532 g/mol. The Kier molecular flexibility index (Phi) is 10.1. The van der Waals surface area contributed by atoms with Crippen LogP contribution in [0.3, 0.4) is 0 Å². The third-order valence-corrected chi connectivity index (χ3v) is 4.60. The molecule has 1 aromatic heterocycles. The van der Waals surface area contributed by atoms with E-state index in [4.69, 9.17) is 9.47 Å². The van der Waals surface area contributed by atoms with Crippen molar-refractivity contribution in [2.75, 3.05) is 14.2 Å². The number of hydrogen-bond donors (Lipinski definition) is 2. The maximum absolute atomic E-state index is 5.81. The van der Waals surface area contributed by atoms with E-state index in [-0.39, 0.29) is 24.0 Å². The molecule has 0 aliphatic carbocycles. The van der Waals surface area contributed by atoms with Crippen LogP contribution in [0, 0.1) is 6.92 Å². The van der Waals surface area contributed by atoms with Crippen molar-refractivity contribution in [2.45, 2.75) is 26.6 Å². The number of pyridine rings is 1. The Labute approximate surface area is 201 Å². The van der Waals surface area contributed by atoms with Crippen molar-refractivity contribution in [3.05, 3.63) is 89.1 Å². The highest BCUT2D eigenvalue weighted by Crippen LogP contribution is 2.19. The zero-order chi connectivity index (χ0) is 21.2. The smallest absolute Gasteiger partial charge is 0.213 e. The van der Waals surface area contributed by atoms with E-state index < -0.39 is 0 Å². The standard InChI is InChI=1S/C24H28N4O2.HI/c1-18-9-10-21(22(13-18)29-3)16-28-24(25-2)27-15-20-11-12-26-23(14-20)30-17-19-7-5-4-6-8-19;/h4-14H,15-17H2,1-3H3,(H2,25,27,28);1H. The van der Waals surface area contributed by atoms with Crippen LogP contribution in [0.15, 0.2) is 71.9 Å². The van der Waals surface area contributed by atoms with E-state index in [9.17, 15) is 0 Å². The predicted molar refractivity (Wildman–Crippen MR) is 135 cm³/mol. The molecule has 6 nitrogen and oxygen atoms in total. The first-order chi connectivity index (χ1) is 14.7. The van der Waals surface area contributed by atoms with E-state index in [0.717, 1.165) is 22.4 Å². The van der Waals surface area contributed by atoms with Gasteiger partial charge in [0.15, 0.2) is 5.96 Å². The molecule has 0 saturated carbocycles. The van der Waals surface area contributed by atoms with Crippen LogP contribution >= 0.6 is 24.0 Å². The second-order valence-electron chi connectivity index (χ2n) is 6.87. The first-order valence-corrected chi connectivity index (χ1v) is 9.87. The number of ether oxygens (including phenoxy) is 2. The van der Waals surface area contributed by atoms with Crippen LogP contribution in [0.4, 0.5) is 0 Å². The van der Waals surface area contributed by atoms with Gasteiger partial charge in [-0.3, -0.25) is 4.99 Å². The number of halogens is 1. The van der Waals surface area contributed by atoms with Crippen molar-refractivity contribution in [2.24, 2.45) is 4.99 Å². The van der Waals surface area contributed by atoms with Crippen LogP contribution in [0.1, 0.15) is 22.3 Å². The molecule has 0 aliphatic heterocycles. The third-order valence-electron chi connectivity index (χ3n) is 4.60. The lowest BCUT2D eigenvalue weighted by molar-refractivity contribution is 0.293. The molecule has 0 aliphatic rings. The molecular weight excluding hydrogens is 503 g/mol. The third kappa shape index (κ3) is 7.75. The zero-order valence-electron chi connectivity index (χ0n) is 18.1. The van der Waals surface area contributed by atoms with Gasteiger partial charge in [-0.05, 0) is 35.7 Å².